The van der Waals surface area contributed by atoms with Crippen molar-refractivity contribution in [1.29, 1.82) is 0 Å². The third kappa shape index (κ3) is 2.88. The van der Waals surface area contributed by atoms with Crippen LogP contribution in [0, 0.1) is 0 Å². The maximum atomic E-state index is 12.1. The van der Waals surface area contributed by atoms with E-state index in [0.717, 1.165) is 11.4 Å². The van der Waals surface area contributed by atoms with E-state index < -0.39 is 6.10 Å². The Kier molecular flexibility index (Phi) is 4.53. The molecule has 0 aliphatic carbocycles. The van der Waals surface area contributed by atoms with Crippen molar-refractivity contribution in [2.75, 3.05) is 20.8 Å². The highest BCUT2D eigenvalue weighted by Gasteiger charge is 2.36. The predicted molar refractivity (Wildman–Crippen MR) is 77.4 cm³/mol. The Morgan fingerprint density at radius 3 is 2.65 bits per heavy atom. The minimum Gasteiger partial charge on any atom is -0.497 e. The van der Waals surface area contributed by atoms with Crippen molar-refractivity contribution in [2.24, 2.45) is 4.99 Å². The molecule has 0 N–H and O–H groups in total. The second-order valence-electron chi connectivity index (χ2n) is 4.39. The molecule has 1 aliphatic rings. The molecular weight excluding hydrogens is 256 g/mol. The lowest BCUT2D eigenvalue weighted by Crippen LogP contribution is -2.32. The Balaban J connectivity index is 2.25. The second-order valence-corrected chi connectivity index (χ2v) is 4.39. The highest BCUT2D eigenvalue weighted by Crippen LogP contribution is 2.23. The molecule has 1 saturated heterocycles. The fourth-order valence-corrected chi connectivity index (χ4v) is 2.08. The first-order chi connectivity index (χ1) is 9.69. The lowest BCUT2D eigenvalue weighted by molar-refractivity contribution is -0.134. The van der Waals surface area contributed by atoms with Crippen molar-refractivity contribution in [3.05, 3.63) is 36.9 Å². The molecule has 0 radical (unpaired) electrons. The van der Waals surface area contributed by atoms with Crippen molar-refractivity contribution < 1.29 is 14.3 Å². The van der Waals surface area contributed by atoms with Crippen LogP contribution in [0.1, 0.15) is 6.42 Å². The molecule has 1 aromatic rings. The van der Waals surface area contributed by atoms with Gasteiger partial charge in [-0.3, -0.25) is 9.69 Å². The molecule has 5 nitrogen and oxygen atoms in total. The summed E-state index contributed by atoms with van der Waals surface area (Å²) in [5.41, 5.74) is 0.777. The highest BCUT2D eigenvalue weighted by molar-refractivity contribution is 6.08. The van der Waals surface area contributed by atoms with E-state index >= 15 is 0 Å². The summed E-state index contributed by atoms with van der Waals surface area (Å²) in [5.74, 6) is 1.40. The van der Waals surface area contributed by atoms with E-state index in [1.165, 1.54) is 7.11 Å². The zero-order valence-corrected chi connectivity index (χ0v) is 11.7. The van der Waals surface area contributed by atoms with E-state index in [1.807, 2.05) is 24.3 Å². The summed E-state index contributed by atoms with van der Waals surface area (Å²) in [5, 5.41) is 0. The fourth-order valence-electron chi connectivity index (χ4n) is 2.08. The molecule has 1 aliphatic heterocycles. The van der Waals surface area contributed by atoms with Crippen LogP contribution < -0.4 is 4.74 Å². The largest absolute Gasteiger partial charge is 0.497 e. The average molecular weight is 274 g/mol. The zero-order chi connectivity index (χ0) is 14.5. The number of ether oxygens (including phenoxy) is 2. The Bertz CT molecular complexity index is 522. The van der Waals surface area contributed by atoms with E-state index in [-0.39, 0.29) is 5.91 Å². The molecule has 0 bridgehead atoms. The molecule has 1 aromatic carbocycles. The van der Waals surface area contributed by atoms with Crippen LogP contribution in [0.2, 0.25) is 0 Å². The van der Waals surface area contributed by atoms with Crippen LogP contribution in [0.25, 0.3) is 0 Å². The first kappa shape index (κ1) is 14.3. The van der Waals surface area contributed by atoms with Gasteiger partial charge in [0.15, 0.2) is 0 Å². The molecule has 5 heteroatoms. The van der Waals surface area contributed by atoms with E-state index in [1.54, 1.807) is 18.1 Å². The molecule has 0 spiro atoms. The van der Waals surface area contributed by atoms with Crippen molar-refractivity contribution in [1.82, 2.24) is 4.90 Å². The van der Waals surface area contributed by atoms with Gasteiger partial charge in [-0.25, -0.2) is 4.99 Å². The number of nitrogens with zero attached hydrogens (tertiary/aromatic N) is 2. The minimum atomic E-state index is -0.452. The SMILES string of the molecule is C=CCN1C(=O)[C@H](OC)CC1=Nc1ccc(OC)cc1. The first-order valence-corrected chi connectivity index (χ1v) is 6.36. The van der Waals surface area contributed by atoms with Gasteiger partial charge in [0.1, 0.15) is 17.7 Å². The molecular formula is C15H18N2O3. The molecule has 1 heterocycles. The second kappa shape index (κ2) is 6.34. The minimum absolute atomic E-state index is 0.0698. The summed E-state index contributed by atoms with van der Waals surface area (Å²) in [6, 6.07) is 7.37. The molecule has 2 rings (SSSR count). The molecule has 1 amide bonds. The van der Waals surface area contributed by atoms with Gasteiger partial charge in [-0.05, 0) is 24.3 Å². The zero-order valence-electron chi connectivity index (χ0n) is 11.7. The smallest absolute Gasteiger partial charge is 0.257 e. The average Bonchev–Trinajstić information content (AvgIpc) is 2.77. The number of amides is 1. The van der Waals surface area contributed by atoms with E-state index in [0.29, 0.717) is 18.8 Å². The summed E-state index contributed by atoms with van der Waals surface area (Å²) < 4.78 is 10.3. The van der Waals surface area contributed by atoms with E-state index in [4.69, 9.17) is 9.47 Å². The summed E-state index contributed by atoms with van der Waals surface area (Å²) in [4.78, 5) is 18.2. The van der Waals surface area contributed by atoms with E-state index in [9.17, 15) is 4.79 Å². The molecule has 0 saturated carbocycles. The molecule has 1 fully saturated rings. The van der Waals surface area contributed by atoms with E-state index in [2.05, 4.69) is 11.6 Å². The van der Waals surface area contributed by atoms with Crippen LogP contribution in [0.5, 0.6) is 5.75 Å². The van der Waals surface area contributed by atoms with Crippen LogP contribution in [-0.2, 0) is 9.53 Å². The number of hydrogen-bond donors (Lipinski definition) is 0. The fraction of sp³-hybridized carbons (Fsp3) is 0.333. The van der Waals surface area contributed by atoms with Gasteiger partial charge in [-0.1, -0.05) is 6.08 Å². The maximum Gasteiger partial charge on any atom is 0.257 e. The van der Waals surface area contributed by atoms with Gasteiger partial charge in [0.05, 0.1) is 12.8 Å². The summed E-state index contributed by atoms with van der Waals surface area (Å²) in [6.07, 6.45) is 1.71. The number of amidine groups is 1. The lowest BCUT2D eigenvalue weighted by atomic mass is 10.3. The summed E-state index contributed by atoms with van der Waals surface area (Å²) in [6.45, 7) is 4.11. The van der Waals surface area contributed by atoms with Crippen molar-refractivity contribution in [3.8, 4) is 5.75 Å². The van der Waals surface area contributed by atoms with Crippen LogP contribution >= 0.6 is 0 Å². The molecule has 20 heavy (non-hydrogen) atoms. The molecule has 0 unspecified atom stereocenters. The molecule has 106 valence electrons. The van der Waals surface area contributed by atoms with Gasteiger partial charge in [-0.2, -0.15) is 0 Å². The number of benzene rings is 1. The van der Waals surface area contributed by atoms with Crippen molar-refractivity contribution in [3.63, 3.8) is 0 Å². The van der Waals surface area contributed by atoms with Crippen molar-refractivity contribution >= 4 is 17.4 Å². The number of methoxy groups -OCH3 is 2. The van der Waals surface area contributed by atoms with Crippen LogP contribution in [0.3, 0.4) is 0 Å². The molecule has 1 atom stereocenters. The standard InChI is InChI=1S/C15H18N2O3/c1-4-9-17-14(10-13(20-3)15(17)18)16-11-5-7-12(19-2)8-6-11/h4-8,13H,1,9-10H2,2-3H3/t13-/m1/s1. The monoisotopic (exact) mass is 274 g/mol. The summed E-state index contributed by atoms with van der Waals surface area (Å²) >= 11 is 0. The molecule has 0 aromatic heterocycles. The van der Waals surface area contributed by atoms with Gasteiger partial charge < -0.3 is 9.47 Å². The van der Waals surface area contributed by atoms with Crippen LogP contribution in [0.4, 0.5) is 5.69 Å². The number of rotatable bonds is 5. The van der Waals surface area contributed by atoms with Gasteiger partial charge in [-0.15, -0.1) is 6.58 Å². The number of carbonyl (C=O) groups excluding carboxylic acids is 1. The maximum absolute atomic E-state index is 12.1. The Morgan fingerprint density at radius 2 is 2.10 bits per heavy atom. The Hall–Kier alpha value is -2.14. The normalized spacial score (nSPS) is 20.5. The first-order valence-electron chi connectivity index (χ1n) is 6.36. The quantitative estimate of drug-likeness (QED) is 0.773. The summed E-state index contributed by atoms with van der Waals surface area (Å²) in [7, 11) is 3.15. The van der Waals surface area contributed by atoms with Crippen LogP contribution in [-0.4, -0.2) is 43.5 Å². The number of hydrogen-bond acceptors (Lipinski definition) is 4. The highest BCUT2D eigenvalue weighted by atomic mass is 16.5. The number of carbonyl (C=O) groups is 1. The third-order valence-corrected chi connectivity index (χ3v) is 3.15. The van der Waals surface area contributed by atoms with Gasteiger partial charge in [0.2, 0.25) is 0 Å². The van der Waals surface area contributed by atoms with Crippen molar-refractivity contribution in [2.45, 2.75) is 12.5 Å². The lowest BCUT2D eigenvalue weighted by Gasteiger charge is -2.14. The van der Waals surface area contributed by atoms with Gasteiger partial charge in [0.25, 0.3) is 5.91 Å². The third-order valence-electron chi connectivity index (χ3n) is 3.15. The topological polar surface area (TPSA) is 51.1 Å². The Labute approximate surface area is 118 Å². The Morgan fingerprint density at radius 1 is 1.40 bits per heavy atom. The van der Waals surface area contributed by atoms with Gasteiger partial charge in [0, 0.05) is 20.1 Å². The number of likely N-dealkylation sites (tertiary alicyclic amines) is 1. The van der Waals surface area contributed by atoms with Crippen LogP contribution in [0.15, 0.2) is 41.9 Å². The predicted octanol–water partition coefficient (Wildman–Crippen LogP) is 2.16. The number of aliphatic imine (C=N–C) groups is 1. The van der Waals surface area contributed by atoms with Gasteiger partial charge >= 0.3 is 0 Å².